The topological polar surface area (TPSA) is 56.8 Å². The molecule has 0 atom stereocenters. The van der Waals surface area contributed by atoms with E-state index in [1.54, 1.807) is 13.8 Å². The Hall–Kier alpha value is -1.27. The number of ether oxygens (including phenoxy) is 3. The van der Waals surface area contributed by atoms with E-state index < -0.39 is 5.97 Å². The third kappa shape index (κ3) is 5.93. The number of nitrogens with one attached hydrogen (secondary N) is 1. The Labute approximate surface area is 134 Å². The highest BCUT2D eigenvalue weighted by molar-refractivity contribution is 9.10. The standard InChI is InChI=1S/C15H22BrNO4/c1-5-19-13-7-11(8-17-4)6-12(16)15(13)20-9-14(18)21-10(2)3/h6-7,10,17H,5,8-9H2,1-4H3. The van der Waals surface area contributed by atoms with Crippen LogP contribution in [0.4, 0.5) is 0 Å². The van der Waals surface area contributed by atoms with Gasteiger partial charge in [0.25, 0.3) is 0 Å². The minimum absolute atomic E-state index is 0.151. The van der Waals surface area contributed by atoms with Crippen LogP contribution in [0.1, 0.15) is 26.3 Å². The highest BCUT2D eigenvalue weighted by Gasteiger charge is 2.15. The predicted molar refractivity (Wildman–Crippen MR) is 84.8 cm³/mol. The van der Waals surface area contributed by atoms with Gasteiger partial charge in [-0.15, -0.1) is 0 Å². The first-order chi connectivity index (χ1) is 9.97. The molecule has 1 rings (SSSR count). The maximum absolute atomic E-state index is 11.6. The molecule has 0 heterocycles. The number of carbonyl (C=O) groups is 1. The van der Waals surface area contributed by atoms with E-state index in [0.717, 1.165) is 10.0 Å². The number of carbonyl (C=O) groups excluding carboxylic acids is 1. The lowest BCUT2D eigenvalue weighted by atomic mass is 10.2. The first-order valence-electron chi connectivity index (χ1n) is 6.90. The summed E-state index contributed by atoms with van der Waals surface area (Å²) in [6.45, 7) is 6.58. The molecular weight excluding hydrogens is 338 g/mol. The molecule has 0 radical (unpaired) electrons. The molecule has 6 heteroatoms. The smallest absolute Gasteiger partial charge is 0.344 e. The molecule has 0 aromatic heterocycles. The van der Waals surface area contributed by atoms with Gasteiger partial charge in [0.1, 0.15) is 0 Å². The first-order valence-corrected chi connectivity index (χ1v) is 7.69. The van der Waals surface area contributed by atoms with E-state index in [9.17, 15) is 4.79 Å². The van der Waals surface area contributed by atoms with Gasteiger partial charge in [0.15, 0.2) is 18.1 Å². The molecule has 1 N–H and O–H groups in total. The molecule has 21 heavy (non-hydrogen) atoms. The summed E-state index contributed by atoms with van der Waals surface area (Å²) in [5.41, 5.74) is 1.06. The minimum Gasteiger partial charge on any atom is -0.490 e. The molecule has 0 amide bonds. The molecular formula is C15H22BrNO4. The molecule has 0 bridgehead atoms. The summed E-state index contributed by atoms with van der Waals surface area (Å²) < 4.78 is 16.9. The average molecular weight is 360 g/mol. The van der Waals surface area contributed by atoms with Gasteiger partial charge in [0, 0.05) is 6.54 Å². The molecule has 1 aromatic rings. The largest absolute Gasteiger partial charge is 0.490 e. The monoisotopic (exact) mass is 359 g/mol. The summed E-state index contributed by atoms with van der Waals surface area (Å²) >= 11 is 3.45. The van der Waals surface area contributed by atoms with Crippen LogP contribution in [0.2, 0.25) is 0 Å². The van der Waals surface area contributed by atoms with Gasteiger partial charge in [-0.3, -0.25) is 0 Å². The second-order valence-electron chi connectivity index (χ2n) is 4.70. The molecule has 0 unspecified atom stereocenters. The first kappa shape index (κ1) is 17.8. The lowest BCUT2D eigenvalue weighted by Gasteiger charge is -2.15. The molecule has 0 spiro atoms. The summed E-state index contributed by atoms with van der Waals surface area (Å²) in [5, 5.41) is 3.08. The van der Waals surface area contributed by atoms with Crippen molar-refractivity contribution < 1.29 is 19.0 Å². The number of benzene rings is 1. The van der Waals surface area contributed by atoms with Crippen molar-refractivity contribution in [3.8, 4) is 11.5 Å². The molecule has 0 saturated carbocycles. The van der Waals surface area contributed by atoms with Crippen LogP contribution in [0.5, 0.6) is 11.5 Å². The van der Waals surface area contributed by atoms with Gasteiger partial charge < -0.3 is 19.5 Å². The third-order valence-electron chi connectivity index (χ3n) is 2.45. The Morgan fingerprint density at radius 2 is 2.05 bits per heavy atom. The second-order valence-corrected chi connectivity index (χ2v) is 5.55. The van der Waals surface area contributed by atoms with E-state index in [1.165, 1.54) is 0 Å². The van der Waals surface area contributed by atoms with Gasteiger partial charge in [-0.05, 0) is 61.4 Å². The van der Waals surface area contributed by atoms with E-state index in [1.807, 2.05) is 26.1 Å². The van der Waals surface area contributed by atoms with Crippen molar-refractivity contribution in [1.82, 2.24) is 5.32 Å². The van der Waals surface area contributed by atoms with Gasteiger partial charge in [-0.25, -0.2) is 4.79 Å². The second kappa shape index (κ2) is 8.89. The molecule has 5 nitrogen and oxygen atoms in total. The summed E-state index contributed by atoms with van der Waals surface area (Å²) in [4.78, 5) is 11.6. The van der Waals surface area contributed by atoms with Crippen molar-refractivity contribution in [3.63, 3.8) is 0 Å². The van der Waals surface area contributed by atoms with Crippen LogP contribution in [-0.4, -0.2) is 32.3 Å². The minimum atomic E-state index is -0.404. The quantitative estimate of drug-likeness (QED) is 0.723. The van der Waals surface area contributed by atoms with Crippen molar-refractivity contribution in [2.75, 3.05) is 20.3 Å². The number of hydrogen-bond acceptors (Lipinski definition) is 5. The van der Waals surface area contributed by atoms with Crippen LogP contribution in [0.25, 0.3) is 0 Å². The predicted octanol–water partition coefficient (Wildman–Crippen LogP) is 2.90. The highest BCUT2D eigenvalue weighted by Crippen LogP contribution is 2.37. The fourth-order valence-electron chi connectivity index (χ4n) is 1.76. The van der Waals surface area contributed by atoms with E-state index in [-0.39, 0.29) is 12.7 Å². The van der Waals surface area contributed by atoms with Gasteiger partial charge >= 0.3 is 5.97 Å². The Morgan fingerprint density at radius 3 is 2.62 bits per heavy atom. The molecule has 1 aromatic carbocycles. The number of rotatable bonds is 8. The van der Waals surface area contributed by atoms with Gasteiger partial charge in [-0.1, -0.05) is 0 Å². The molecule has 0 aliphatic rings. The van der Waals surface area contributed by atoms with E-state index in [0.29, 0.717) is 24.7 Å². The zero-order valence-electron chi connectivity index (χ0n) is 12.9. The molecule has 0 aliphatic heterocycles. The molecule has 0 fully saturated rings. The Bertz CT molecular complexity index is 477. The summed E-state index contributed by atoms with van der Waals surface area (Å²) in [5.74, 6) is 0.713. The van der Waals surface area contributed by atoms with Crippen molar-refractivity contribution in [1.29, 1.82) is 0 Å². The Balaban J connectivity index is 2.86. The lowest BCUT2D eigenvalue weighted by Crippen LogP contribution is -2.19. The highest BCUT2D eigenvalue weighted by atomic mass is 79.9. The number of esters is 1. The summed E-state index contributed by atoms with van der Waals surface area (Å²) in [6.07, 6.45) is -0.158. The van der Waals surface area contributed by atoms with Crippen LogP contribution < -0.4 is 14.8 Å². The fraction of sp³-hybridized carbons (Fsp3) is 0.533. The van der Waals surface area contributed by atoms with Crippen molar-refractivity contribution in [2.45, 2.75) is 33.4 Å². The zero-order valence-corrected chi connectivity index (χ0v) is 14.5. The van der Waals surface area contributed by atoms with Crippen molar-refractivity contribution >= 4 is 21.9 Å². The van der Waals surface area contributed by atoms with Crippen molar-refractivity contribution in [3.05, 3.63) is 22.2 Å². The SMILES string of the molecule is CCOc1cc(CNC)cc(Br)c1OCC(=O)OC(C)C. The van der Waals surface area contributed by atoms with Gasteiger partial charge in [0.05, 0.1) is 17.2 Å². The molecule has 0 aliphatic carbocycles. The lowest BCUT2D eigenvalue weighted by molar-refractivity contribution is -0.149. The van der Waals surface area contributed by atoms with Crippen LogP contribution in [0.15, 0.2) is 16.6 Å². The number of hydrogen-bond donors (Lipinski definition) is 1. The molecule has 0 saturated heterocycles. The summed E-state index contributed by atoms with van der Waals surface area (Å²) in [7, 11) is 1.88. The maximum Gasteiger partial charge on any atom is 0.344 e. The van der Waals surface area contributed by atoms with Crippen LogP contribution in [0, 0.1) is 0 Å². The van der Waals surface area contributed by atoms with Gasteiger partial charge in [0.2, 0.25) is 0 Å². The van der Waals surface area contributed by atoms with E-state index in [2.05, 4.69) is 21.2 Å². The van der Waals surface area contributed by atoms with Gasteiger partial charge in [-0.2, -0.15) is 0 Å². The van der Waals surface area contributed by atoms with Crippen LogP contribution in [0.3, 0.4) is 0 Å². The van der Waals surface area contributed by atoms with E-state index >= 15 is 0 Å². The third-order valence-corrected chi connectivity index (χ3v) is 3.04. The summed E-state index contributed by atoms with van der Waals surface area (Å²) in [6, 6.07) is 3.83. The zero-order chi connectivity index (χ0) is 15.8. The maximum atomic E-state index is 11.6. The Morgan fingerprint density at radius 1 is 1.33 bits per heavy atom. The average Bonchev–Trinajstić information content (AvgIpc) is 2.37. The van der Waals surface area contributed by atoms with Crippen LogP contribution >= 0.6 is 15.9 Å². The number of halogens is 1. The normalized spacial score (nSPS) is 10.6. The fourth-order valence-corrected chi connectivity index (χ4v) is 2.36. The van der Waals surface area contributed by atoms with E-state index in [4.69, 9.17) is 14.2 Å². The van der Waals surface area contributed by atoms with Crippen LogP contribution in [-0.2, 0) is 16.1 Å². The molecule has 118 valence electrons. The Kier molecular flexibility index (Phi) is 7.53. The van der Waals surface area contributed by atoms with Crippen molar-refractivity contribution in [2.24, 2.45) is 0 Å².